The van der Waals surface area contributed by atoms with Crippen molar-refractivity contribution in [2.45, 2.75) is 0 Å². The third kappa shape index (κ3) is 2.44. The molecule has 5 nitrogen and oxygen atoms in total. The van der Waals surface area contributed by atoms with Gasteiger partial charge in [-0.2, -0.15) is 0 Å². The van der Waals surface area contributed by atoms with Crippen LogP contribution in [0.3, 0.4) is 0 Å². The minimum absolute atomic E-state index is 0.0620. The van der Waals surface area contributed by atoms with E-state index in [-0.39, 0.29) is 10.7 Å². The van der Waals surface area contributed by atoms with E-state index < -0.39 is 11.8 Å². The zero-order valence-electron chi connectivity index (χ0n) is 11.8. The van der Waals surface area contributed by atoms with Crippen LogP contribution in [0.1, 0.15) is 5.69 Å². The highest BCUT2D eigenvalue weighted by molar-refractivity contribution is 7.80. The minimum atomic E-state index is -0.478. The molecule has 0 saturated carbocycles. The van der Waals surface area contributed by atoms with Crippen molar-refractivity contribution in [1.82, 2.24) is 14.8 Å². The van der Waals surface area contributed by atoms with Gasteiger partial charge in [0, 0.05) is 24.6 Å². The molecule has 0 aliphatic carbocycles. The second kappa shape index (κ2) is 5.57. The smallest absolute Gasteiger partial charge is 0.265 e. The van der Waals surface area contributed by atoms with Crippen molar-refractivity contribution in [3.63, 3.8) is 0 Å². The maximum atomic E-state index is 12.2. The van der Waals surface area contributed by atoms with Gasteiger partial charge < -0.3 is 4.57 Å². The molecule has 2 heterocycles. The van der Waals surface area contributed by atoms with Crippen molar-refractivity contribution in [2.75, 3.05) is 7.05 Å². The molecule has 6 heteroatoms. The maximum absolute atomic E-state index is 12.2. The first-order chi connectivity index (χ1) is 10.6. The van der Waals surface area contributed by atoms with Crippen molar-refractivity contribution >= 4 is 35.2 Å². The SMILES string of the molecule is CN1C(=O)C(=Cc2cccn2-c2ccccc2)C(=O)NC1=S. The molecule has 0 atom stereocenters. The normalized spacial score (nSPS) is 17.0. The van der Waals surface area contributed by atoms with E-state index in [1.165, 1.54) is 11.9 Å². The predicted octanol–water partition coefficient (Wildman–Crippen LogP) is 1.73. The van der Waals surface area contributed by atoms with Gasteiger partial charge in [-0.05, 0) is 42.6 Å². The van der Waals surface area contributed by atoms with Crippen LogP contribution in [-0.4, -0.2) is 33.4 Å². The lowest BCUT2D eigenvalue weighted by molar-refractivity contribution is -0.128. The minimum Gasteiger partial charge on any atom is -0.317 e. The first-order valence-electron chi connectivity index (χ1n) is 6.66. The molecule has 0 unspecified atom stereocenters. The highest BCUT2D eigenvalue weighted by Gasteiger charge is 2.30. The van der Waals surface area contributed by atoms with Gasteiger partial charge in [0.25, 0.3) is 11.8 Å². The zero-order valence-corrected chi connectivity index (χ0v) is 12.6. The summed E-state index contributed by atoms with van der Waals surface area (Å²) in [6, 6.07) is 13.4. The number of benzene rings is 1. The monoisotopic (exact) mass is 311 g/mol. The van der Waals surface area contributed by atoms with Gasteiger partial charge in [0.2, 0.25) is 0 Å². The number of nitrogens with zero attached hydrogens (tertiary/aromatic N) is 2. The molecule has 2 amide bonds. The summed E-state index contributed by atoms with van der Waals surface area (Å²) in [6.07, 6.45) is 3.45. The van der Waals surface area contributed by atoms with Crippen molar-refractivity contribution in [2.24, 2.45) is 0 Å². The van der Waals surface area contributed by atoms with Crippen molar-refractivity contribution in [3.05, 3.63) is 59.9 Å². The van der Waals surface area contributed by atoms with Crippen LogP contribution in [-0.2, 0) is 9.59 Å². The Morgan fingerprint density at radius 2 is 1.82 bits per heavy atom. The zero-order chi connectivity index (χ0) is 15.7. The molecular weight excluding hydrogens is 298 g/mol. The standard InChI is InChI=1S/C16H13N3O2S/c1-18-15(21)13(14(20)17-16(18)22)10-12-8-5-9-19(12)11-6-3-2-4-7-11/h2-10H,1H3,(H,17,20,22). The molecule has 0 radical (unpaired) electrons. The second-order valence-electron chi connectivity index (χ2n) is 4.82. The molecule has 110 valence electrons. The van der Waals surface area contributed by atoms with Crippen LogP contribution in [0.2, 0.25) is 0 Å². The Hall–Kier alpha value is -2.73. The van der Waals surface area contributed by atoms with Crippen molar-refractivity contribution < 1.29 is 9.59 Å². The first-order valence-corrected chi connectivity index (χ1v) is 7.06. The second-order valence-corrected chi connectivity index (χ2v) is 5.21. The molecule has 1 fully saturated rings. The summed E-state index contributed by atoms with van der Waals surface area (Å²) in [7, 11) is 1.54. The molecule has 2 aromatic rings. The lowest BCUT2D eigenvalue weighted by Gasteiger charge is -2.25. The average Bonchev–Trinajstić information content (AvgIpc) is 2.98. The van der Waals surface area contributed by atoms with E-state index in [2.05, 4.69) is 5.32 Å². The average molecular weight is 311 g/mol. The summed E-state index contributed by atoms with van der Waals surface area (Å²) in [6.45, 7) is 0. The van der Waals surface area contributed by atoms with Gasteiger partial charge in [-0.1, -0.05) is 18.2 Å². The quantitative estimate of drug-likeness (QED) is 0.522. The van der Waals surface area contributed by atoms with Crippen molar-refractivity contribution in [1.29, 1.82) is 0 Å². The number of carbonyl (C=O) groups excluding carboxylic acids is 2. The van der Waals surface area contributed by atoms with Crippen LogP contribution in [0.25, 0.3) is 11.8 Å². The fourth-order valence-electron chi connectivity index (χ4n) is 2.23. The molecule has 22 heavy (non-hydrogen) atoms. The Kier molecular flexibility index (Phi) is 3.60. The van der Waals surface area contributed by atoms with Crippen LogP contribution in [0.4, 0.5) is 0 Å². The number of aromatic nitrogens is 1. The van der Waals surface area contributed by atoms with Crippen LogP contribution in [0.15, 0.2) is 54.2 Å². The highest BCUT2D eigenvalue weighted by atomic mass is 32.1. The molecule has 1 saturated heterocycles. The number of amides is 2. The molecule has 1 aliphatic rings. The highest BCUT2D eigenvalue weighted by Crippen LogP contribution is 2.17. The Bertz CT molecular complexity index is 793. The van der Waals surface area contributed by atoms with Gasteiger partial charge in [0.05, 0.1) is 0 Å². The first kappa shape index (κ1) is 14.2. The molecular formula is C16H13N3O2S. The number of hydrogen-bond donors (Lipinski definition) is 1. The van der Waals surface area contributed by atoms with Gasteiger partial charge in [-0.3, -0.25) is 19.8 Å². The van der Waals surface area contributed by atoms with Gasteiger partial charge in [0.15, 0.2) is 5.11 Å². The molecule has 3 rings (SSSR count). The van der Waals surface area contributed by atoms with Gasteiger partial charge in [-0.25, -0.2) is 0 Å². The number of nitrogens with one attached hydrogen (secondary N) is 1. The third-order valence-electron chi connectivity index (χ3n) is 3.41. The summed E-state index contributed by atoms with van der Waals surface area (Å²) in [5, 5.41) is 2.62. The third-order valence-corrected chi connectivity index (χ3v) is 3.79. The summed E-state index contributed by atoms with van der Waals surface area (Å²) in [5.74, 6) is -0.886. The summed E-state index contributed by atoms with van der Waals surface area (Å²) in [5.41, 5.74) is 1.75. The van der Waals surface area contributed by atoms with Gasteiger partial charge >= 0.3 is 0 Å². The fraction of sp³-hybridized carbons (Fsp3) is 0.0625. The number of thiocarbonyl (C=S) groups is 1. The summed E-state index contributed by atoms with van der Waals surface area (Å²) < 4.78 is 1.90. The lowest BCUT2D eigenvalue weighted by atomic mass is 10.1. The molecule has 0 bridgehead atoms. The van der Waals surface area contributed by atoms with Gasteiger partial charge in [-0.15, -0.1) is 0 Å². The van der Waals surface area contributed by atoms with Crippen LogP contribution >= 0.6 is 12.2 Å². The maximum Gasteiger partial charge on any atom is 0.265 e. The van der Waals surface area contributed by atoms with E-state index in [1.54, 1.807) is 6.08 Å². The Labute approximate surface area is 132 Å². The lowest BCUT2D eigenvalue weighted by Crippen LogP contribution is -2.52. The largest absolute Gasteiger partial charge is 0.317 e. The number of para-hydroxylation sites is 1. The van der Waals surface area contributed by atoms with E-state index in [0.717, 1.165) is 11.4 Å². The Morgan fingerprint density at radius 1 is 1.09 bits per heavy atom. The molecule has 1 aliphatic heterocycles. The van der Waals surface area contributed by atoms with Crippen LogP contribution in [0.5, 0.6) is 0 Å². The molecule has 0 spiro atoms. The van der Waals surface area contributed by atoms with E-state index in [9.17, 15) is 9.59 Å². The van der Waals surface area contributed by atoms with E-state index in [0.29, 0.717) is 0 Å². The Morgan fingerprint density at radius 3 is 2.55 bits per heavy atom. The molecule has 1 aromatic carbocycles. The Balaban J connectivity index is 2.03. The summed E-state index contributed by atoms with van der Waals surface area (Å²) >= 11 is 4.93. The number of carbonyl (C=O) groups is 2. The predicted molar refractivity (Wildman–Crippen MR) is 87.3 cm³/mol. The number of likely N-dealkylation sites (N-methyl/N-ethyl adjacent to an activating group) is 1. The van der Waals surface area contributed by atoms with Crippen LogP contribution in [0, 0.1) is 0 Å². The fourth-order valence-corrected chi connectivity index (χ4v) is 2.40. The van der Waals surface area contributed by atoms with E-state index in [4.69, 9.17) is 12.2 Å². The van der Waals surface area contributed by atoms with E-state index in [1.807, 2.05) is 53.2 Å². The molecule has 1 aromatic heterocycles. The summed E-state index contributed by atoms with van der Waals surface area (Å²) in [4.78, 5) is 25.5. The van der Waals surface area contributed by atoms with Crippen molar-refractivity contribution in [3.8, 4) is 5.69 Å². The molecule has 1 N–H and O–H groups in total. The van der Waals surface area contributed by atoms with Gasteiger partial charge in [0.1, 0.15) is 5.57 Å². The van der Waals surface area contributed by atoms with Crippen LogP contribution < -0.4 is 5.32 Å². The topological polar surface area (TPSA) is 54.3 Å². The number of hydrogen-bond acceptors (Lipinski definition) is 3. The van der Waals surface area contributed by atoms with E-state index >= 15 is 0 Å². The number of rotatable bonds is 2.